The number of halogens is 2. The predicted molar refractivity (Wildman–Crippen MR) is 138 cm³/mol. The van der Waals surface area contributed by atoms with Gasteiger partial charge in [-0.25, -0.2) is 4.39 Å². The van der Waals surface area contributed by atoms with E-state index in [4.69, 9.17) is 26.2 Å². The SMILES string of the molecule is CC.CC.CC.O=C(O)CCc1ccc(OCc2cc(F)cc3c2OC2(CCCC2)C3)cc1Cl. The first kappa shape index (κ1) is 29.8. The number of carbonyl (C=O) groups is 1. The molecule has 2 aromatic rings. The number of hydrogen-bond acceptors (Lipinski definition) is 3. The standard InChI is InChI=1S/C22H22ClFO4.3C2H6/c23-19-11-18(5-3-14(19)4-6-20(25)26)27-13-16-10-17(24)9-15-12-22(28-21(15)16)7-1-2-8-22;3*1-2/h3,5,9-11H,1-2,4,6-8,12-13H2,(H,25,26);3*1-2H3. The zero-order valence-electron chi connectivity index (χ0n) is 21.5. The first-order chi connectivity index (χ1) is 16.4. The summed E-state index contributed by atoms with van der Waals surface area (Å²) >= 11 is 6.24. The monoisotopic (exact) mass is 494 g/mol. The van der Waals surface area contributed by atoms with Crippen LogP contribution in [-0.4, -0.2) is 16.7 Å². The third-order valence-electron chi connectivity index (χ3n) is 5.58. The highest BCUT2D eigenvalue weighted by atomic mass is 35.5. The van der Waals surface area contributed by atoms with Crippen molar-refractivity contribution in [2.24, 2.45) is 0 Å². The average Bonchev–Trinajstić information content (AvgIpc) is 3.46. The summed E-state index contributed by atoms with van der Waals surface area (Å²) in [5, 5.41) is 9.26. The molecule has 0 atom stereocenters. The number of aryl methyl sites for hydroxylation is 1. The number of fused-ring (bicyclic) bond motifs is 1. The minimum atomic E-state index is -0.864. The number of rotatable bonds is 6. The Labute approximate surface area is 209 Å². The van der Waals surface area contributed by atoms with Crippen LogP contribution in [0.4, 0.5) is 4.39 Å². The molecule has 0 radical (unpaired) electrons. The Bertz CT molecular complexity index is 908. The maximum absolute atomic E-state index is 14.1. The van der Waals surface area contributed by atoms with Crippen LogP contribution in [0.25, 0.3) is 0 Å². The summed E-state index contributed by atoms with van der Waals surface area (Å²) in [7, 11) is 0. The van der Waals surface area contributed by atoms with Gasteiger partial charge in [-0.1, -0.05) is 59.2 Å². The Balaban J connectivity index is 0.000000894. The zero-order valence-corrected chi connectivity index (χ0v) is 22.2. The van der Waals surface area contributed by atoms with Gasteiger partial charge in [-0.05, 0) is 61.9 Å². The van der Waals surface area contributed by atoms with Gasteiger partial charge >= 0.3 is 5.97 Å². The Kier molecular flexibility index (Phi) is 13.0. The van der Waals surface area contributed by atoms with Gasteiger partial charge in [0.1, 0.15) is 29.5 Å². The highest BCUT2D eigenvalue weighted by Crippen LogP contribution is 2.46. The number of ether oxygens (including phenoxy) is 2. The molecule has 0 amide bonds. The van der Waals surface area contributed by atoms with Crippen LogP contribution in [0.15, 0.2) is 30.3 Å². The molecular formula is C28H40ClFO4. The Morgan fingerprint density at radius 3 is 2.29 bits per heavy atom. The van der Waals surface area contributed by atoms with Crippen molar-refractivity contribution in [3.8, 4) is 11.5 Å². The van der Waals surface area contributed by atoms with Gasteiger partial charge in [-0.2, -0.15) is 0 Å². The van der Waals surface area contributed by atoms with E-state index in [0.29, 0.717) is 22.8 Å². The Morgan fingerprint density at radius 1 is 1.06 bits per heavy atom. The lowest BCUT2D eigenvalue weighted by Crippen LogP contribution is -2.30. The number of carboxylic acids is 1. The van der Waals surface area contributed by atoms with Crippen molar-refractivity contribution < 1.29 is 23.8 Å². The van der Waals surface area contributed by atoms with Crippen LogP contribution in [0.2, 0.25) is 5.02 Å². The molecule has 1 heterocycles. The molecule has 190 valence electrons. The normalized spacial score (nSPS) is 14.4. The molecule has 34 heavy (non-hydrogen) atoms. The van der Waals surface area contributed by atoms with E-state index in [1.165, 1.54) is 6.07 Å². The molecule has 0 saturated heterocycles. The number of hydrogen-bond donors (Lipinski definition) is 1. The van der Waals surface area contributed by atoms with Gasteiger partial charge in [0.2, 0.25) is 0 Å². The third-order valence-corrected chi connectivity index (χ3v) is 5.93. The molecule has 0 aromatic heterocycles. The third kappa shape index (κ3) is 7.90. The van der Waals surface area contributed by atoms with Crippen molar-refractivity contribution in [3.63, 3.8) is 0 Å². The van der Waals surface area contributed by atoms with Crippen LogP contribution >= 0.6 is 11.6 Å². The van der Waals surface area contributed by atoms with Crippen LogP contribution in [0.5, 0.6) is 11.5 Å². The molecule has 1 saturated carbocycles. The highest BCUT2D eigenvalue weighted by Gasteiger charge is 2.42. The van der Waals surface area contributed by atoms with Crippen molar-refractivity contribution in [2.45, 2.75) is 98.7 Å². The van der Waals surface area contributed by atoms with Crippen LogP contribution in [-0.2, 0) is 24.2 Å². The van der Waals surface area contributed by atoms with Crippen molar-refractivity contribution in [3.05, 3.63) is 57.9 Å². The van der Waals surface area contributed by atoms with Crippen LogP contribution in [0, 0.1) is 5.82 Å². The van der Waals surface area contributed by atoms with E-state index in [1.54, 1.807) is 24.3 Å². The van der Waals surface area contributed by atoms with Gasteiger partial charge in [-0.3, -0.25) is 4.79 Å². The van der Waals surface area contributed by atoms with Crippen molar-refractivity contribution in [2.75, 3.05) is 0 Å². The van der Waals surface area contributed by atoms with E-state index in [-0.39, 0.29) is 24.4 Å². The van der Waals surface area contributed by atoms with E-state index in [2.05, 4.69) is 0 Å². The molecule has 2 aliphatic rings. The average molecular weight is 495 g/mol. The lowest BCUT2D eigenvalue weighted by Gasteiger charge is -2.23. The second-order valence-corrected chi connectivity index (χ2v) is 8.06. The first-order valence-corrected chi connectivity index (χ1v) is 13.0. The minimum Gasteiger partial charge on any atom is -0.489 e. The van der Waals surface area contributed by atoms with Gasteiger partial charge < -0.3 is 14.6 Å². The van der Waals surface area contributed by atoms with Crippen molar-refractivity contribution in [1.29, 1.82) is 0 Å². The minimum absolute atomic E-state index is 0.0223. The number of carboxylic acid groups (broad SMARTS) is 1. The van der Waals surface area contributed by atoms with Crippen LogP contribution in [0.1, 0.15) is 90.3 Å². The summed E-state index contributed by atoms with van der Waals surface area (Å²) in [5.74, 6) is 0.164. The van der Waals surface area contributed by atoms with E-state index in [1.807, 2.05) is 41.5 Å². The highest BCUT2D eigenvalue weighted by molar-refractivity contribution is 6.31. The topological polar surface area (TPSA) is 55.8 Å². The summed E-state index contributed by atoms with van der Waals surface area (Å²) in [6.07, 6.45) is 5.46. The van der Waals surface area contributed by atoms with Crippen molar-refractivity contribution in [1.82, 2.24) is 0 Å². The van der Waals surface area contributed by atoms with Gasteiger partial charge in [0, 0.05) is 29.0 Å². The predicted octanol–water partition coefficient (Wildman–Crippen LogP) is 8.40. The fourth-order valence-corrected chi connectivity index (χ4v) is 4.47. The summed E-state index contributed by atoms with van der Waals surface area (Å²) in [6, 6.07) is 8.22. The molecule has 6 heteroatoms. The summed E-state index contributed by atoms with van der Waals surface area (Å²) in [5.41, 5.74) is 2.21. The summed E-state index contributed by atoms with van der Waals surface area (Å²) < 4.78 is 26.2. The second kappa shape index (κ2) is 14.9. The number of benzene rings is 2. The molecule has 4 rings (SSSR count). The molecule has 1 fully saturated rings. The molecular weight excluding hydrogens is 455 g/mol. The largest absolute Gasteiger partial charge is 0.489 e. The molecule has 2 aromatic carbocycles. The number of aliphatic carboxylic acids is 1. The second-order valence-electron chi connectivity index (χ2n) is 7.66. The Hall–Kier alpha value is -2.27. The lowest BCUT2D eigenvalue weighted by atomic mass is 9.95. The van der Waals surface area contributed by atoms with Crippen LogP contribution in [0.3, 0.4) is 0 Å². The summed E-state index contributed by atoms with van der Waals surface area (Å²) in [6.45, 7) is 12.2. The molecule has 0 unspecified atom stereocenters. The van der Waals surface area contributed by atoms with Gasteiger partial charge in [0.25, 0.3) is 0 Å². The van der Waals surface area contributed by atoms with Crippen molar-refractivity contribution >= 4 is 17.6 Å². The quantitative estimate of drug-likeness (QED) is 0.438. The fourth-order valence-electron chi connectivity index (χ4n) is 4.20. The van der Waals surface area contributed by atoms with E-state index in [0.717, 1.165) is 49.0 Å². The summed E-state index contributed by atoms with van der Waals surface area (Å²) in [4.78, 5) is 10.7. The molecule has 4 nitrogen and oxygen atoms in total. The van der Waals surface area contributed by atoms with E-state index in [9.17, 15) is 9.18 Å². The zero-order chi connectivity index (χ0) is 25.7. The smallest absolute Gasteiger partial charge is 0.303 e. The Morgan fingerprint density at radius 2 is 1.71 bits per heavy atom. The van der Waals surface area contributed by atoms with E-state index < -0.39 is 5.97 Å². The maximum atomic E-state index is 14.1. The van der Waals surface area contributed by atoms with Gasteiger partial charge in [-0.15, -0.1) is 0 Å². The first-order valence-electron chi connectivity index (χ1n) is 12.6. The van der Waals surface area contributed by atoms with Crippen LogP contribution < -0.4 is 9.47 Å². The molecule has 1 spiro atoms. The lowest BCUT2D eigenvalue weighted by molar-refractivity contribution is -0.136. The van der Waals surface area contributed by atoms with Gasteiger partial charge in [0.05, 0.1) is 0 Å². The van der Waals surface area contributed by atoms with E-state index >= 15 is 0 Å². The molecule has 1 aliphatic carbocycles. The molecule has 1 N–H and O–H groups in total. The molecule has 0 bridgehead atoms. The maximum Gasteiger partial charge on any atom is 0.303 e. The molecule has 1 aliphatic heterocycles. The van der Waals surface area contributed by atoms with Gasteiger partial charge in [0.15, 0.2) is 0 Å². The fraction of sp³-hybridized carbons (Fsp3) is 0.536.